The Hall–Kier alpha value is -2.26. The average molecular weight is 284 g/mol. The summed E-state index contributed by atoms with van der Waals surface area (Å²) in [5.74, 6) is 0.586. The van der Waals surface area contributed by atoms with Crippen molar-refractivity contribution in [1.82, 2.24) is 9.78 Å². The second-order valence-electron chi connectivity index (χ2n) is 4.69. The smallest absolute Gasteiger partial charge is 0.127 e. The molecule has 3 rings (SSSR count). The van der Waals surface area contributed by atoms with Gasteiger partial charge in [0.25, 0.3) is 0 Å². The molecule has 2 aromatic carbocycles. The topological polar surface area (TPSA) is 43.8 Å². The molecule has 1 aromatic heterocycles. The number of anilines is 1. The Kier molecular flexibility index (Phi) is 3.20. The van der Waals surface area contributed by atoms with E-state index in [2.05, 4.69) is 5.10 Å². The first-order chi connectivity index (χ1) is 9.65. The Morgan fingerprint density at radius 1 is 1.05 bits per heavy atom. The van der Waals surface area contributed by atoms with E-state index in [9.17, 15) is 0 Å². The van der Waals surface area contributed by atoms with Crippen molar-refractivity contribution in [2.75, 3.05) is 5.73 Å². The fraction of sp³-hybridized carbons (Fsp3) is 0.0625. The lowest BCUT2D eigenvalue weighted by Crippen LogP contribution is -2.01. The van der Waals surface area contributed by atoms with Crippen molar-refractivity contribution in [3.8, 4) is 16.9 Å². The van der Waals surface area contributed by atoms with Crippen LogP contribution >= 0.6 is 11.6 Å². The van der Waals surface area contributed by atoms with Crippen LogP contribution in [0.1, 0.15) is 5.56 Å². The molecule has 0 saturated carbocycles. The molecule has 20 heavy (non-hydrogen) atoms. The number of nitrogen functional groups attached to an aromatic ring is 1. The monoisotopic (exact) mass is 283 g/mol. The summed E-state index contributed by atoms with van der Waals surface area (Å²) in [6.07, 6.45) is 0. The van der Waals surface area contributed by atoms with Crippen LogP contribution in [-0.2, 0) is 0 Å². The number of aromatic nitrogens is 2. The van der Waals surface area contributed by atoms with E-state index in [1.54, 1.807) is 4.68 Å². The maximum Gasteiger partial charge on any atom is 0.127 e. The molecule has 0 aliphatic carbocycles. The second kappa shape index (κ2) is 5.02. The minimum absolute atomic E-state index is 0.586. The quantitative estimate of drug-likeness (QED) is 0.770. The Labute approximate surface area is 122 Å². The number of halogens is 1. The number of benzene rings is 2. The molecule has 0 atom stereocenters. The van der Waals surface area contributed by atoms with E-state index in [1.807, 2.05) is 61.5 Å². The largest absolute Gasteiger partial charge is 0.384 e. The van der Waals surface area contributed by atoms with Crippen LogP contribution in [0.3, 0.4) is 0 Å². The molecule has 4 heteroatoms. The molecule has 0 radical (unpaired) electrons. The molecule has 3 aromatic rings. The lowest BCUT2D eigenvalue weighted by atomic mass is 10.1. The maximum atomic E-state index is 6.28. The van der Waals surface area contributed by atoms with Crippen molar-refractivity contribution >= 4 is 17.4 Å². The number of rotatable bonds is 2. The normalized spacial score (nSPS) is 10.7. The zero-order valence-electron chi connectivity index (χ0n) is 11.0. The number of hydrogen-bond donors (Lipinski definition) is 1. The predicted molar refractivity (Wildman–Crippen MR) is 83.2 cm³/mol. The standard InChI is InChI=1S/C16H14ClN3/c1-11-7-8-13(14(17)9-11)15-10-16(18)20(19-15)12-5-3-2-4-6-12/h2-10H,18H2,1H3. The van der Waals surface area contributed by atoms with Gasteiger partial charge < -0.3 is 5.73 Å². The highest BCUT2D eigenvalue weighted by molar-refractivity contribution is 6.33. The number of para-hydroxylation sites is 1. The Bertz CT molecular complexity index is 748. The molecule has 0 aliphatic heterocycles. The van der Waals surface area contributed by atoms with E-state index in [-0.39, 0.29) is 0 Å². The summed E-state index contributed by atoms with van der Waals surface area (Å²) in [5, 5.41) is 5.23. The minimum atomic E-state index is 0.586. The summed E-state index contributed by atoms with van der Waals surface area (Å²) >= 11 is 6.28. The fourth-order valence-electron chi connectivity index (χ4n) is 2.13. The highest BCUT2D eigenvalue weighted by Gasteiger charge is 2.11. The van der Waals surface area contributed by atoms with Crippen molar-refractivity contribution in [3.05, 3.63) is 65.2 Å². The summed E-state index contributed by atoms with van der Waals surface area (Å²) in [7, 11) is 0. The molecule has 0 bridgehead atoms. The van der Waals surface area contributed by atoms with Crippen LogP contribution in [0.4, 0.5) is 5.82 Å². The van der Waals surface area contributed by atoms with Gasteiger partial charge in [-0.05, 0) is 30.7 Å². The Morgan fingerprint density at radius 2 is 1.80 bits per heavy atom. The summed E-state index contributed by atoms with van der Waals surface area (Å²) in [6.45, 7) is 2.01. The molecule has 0 unspecified atom stereocenters. The van der Waals surface area contributed by atoms with Gasteiger partial charge in [0, 0.05) is 11.6 Å². The predicted octanol–water partition coefficient (Wildman–Crippen LogP) is 4.08. The summed E-state index contributed by atoms with van der Waals surface area (Å²) < 4.78 is 1.71. The van der Waals surface area contributed by atoms with Crippen LogP contribution in [0.5, 0.6) is 0 Å². The van der Waals surface area contributed by atoms with Crippen LogP contribution in [0.2, 0.25) is 5.02 Å². The third-order valence-corrected chi connectivity index (χ3v) is 3.45. The van der Waals surface area contributed by atoms with E-state index >= 15 is 0 Å². The van der Waals surface area contributed by atoms with Gasteiger partial charge in [0.1, 0.15) is 5.82 Å². The first-order valence-corrected chi connectivity index (χ1v) is 6.70. The SMILES string of the molecule is Cc1ccc(-c2cc(N)n(-c3ccccc3)n2)c(Cl)c1. The van der Waals surface area contributed by atoms with Gasteiger partial charge in [0.2, 0.25) is 0 Å². The van der Waals surface area contributed by atoms with Crippen LogP contribution in [0.25, 0.3) is 16.9 Å². The van der Waals surface area contributed by atoms with E-state index in [0.29, 0.717) is 10.8 Å². The van der Waals surface area contributed by atoms with E-state index < -0.39 is 0 Å². The lowest BCUT2D eigenvalue weighted by Gasteiger charge is -2.03. The lowest BCUT2D eigenvalue weighted by molar-refractivity contribution is 0.895. The van der Waals surface area contributed by atoms with Crippen LogP contribution in [0, 0.1) is 6.92 Å². The Morgan fingerprint density at radius 3 is 2.50 bits per heavy atom. The minimum Gasteiger partial charge on any atom is -0.384 e. The highest BCUT2D eigenvalue weighted by atomic mass is 35.5. The number of nitrogens with zero attached hydrogens (tertiary/aromatic N) is 2. The molecule has 1 heterocycles. The van der Waals surface area contributed by atoms with Crippen molar-refractivity contribution in [2.45, 2.75) is 6.92 Å². The first kappa shape index (κ1) is 12.8. The van der Waals surface area contributed by atoms with Crippen molar-refractivity contribution in [3.63, 3.8) is 0 Å². The Balaban J connectivity index is 2.09. The molecule has 0 spiro atoms. The van der Waals surface area contributed by atoms with E-state index in [1.165, 1.54) is 0 Å². The van der Waals surface area contributed by atoms with Crippen LogP contribution in [0.15, 0.2) is 54.6 Å². The number of hydrogen-bond acceptors (Lipinski definition) is 2. The molecule has 3 nitrogen and oxygen atoms in total. The summed E-state index contributed by atoms with van der Waals surface area (Å²) in [4.78, 5) is 0. The average Bonchev–Trinajstić information content (AvgIpc) is 2.81. The van der Waals surface area contributed by atoms with Gasteiger partial charge in [-0.2, -0.15) is 5.10 Å². The van der Waals surface area contributed by atoms with Gasteiger partial charge in [-0.3, -0.25) is 0 Å². The van der Waals surface area contributed by atoms with E-state index in [0.717, 1.165) is 22.5 Å². The zero-order valence-corrected chi connectivity index (χ0v) is 11.8. The van der Waals surface area contributed by atoms with Gasteiger partial charge in [0.05, 0.1) is 16.4 Å². The maximum absolute atomic E-state index is 6.28. The number of nitrogens with two attached hydrogens (primary N) is 1. The number of aryl methyl sites for hydroxylation is 1. The molecule has 100 valence electrons. The van der Waals surface area contributed by atoms with Crippen molar-refractivity contribution < 1.29 is 0 Å². The van der Waals surface area contributed by atoms with Gasteiger partial charge in [-0.25, -0.2) is 4.68 Å². The molecule has 0 aliphatic rings. The molecule has 0 amide bonds. The first-order valence-electron chi connectivity index (χ1n) is 6.32. The van der Waals surface area contributed by atoms with Gasteiger partial charge >= 0.3 is 0 Å². The van der Waals surface area contributed by atoms with Crippen molar-refractivity contribution in [1.29, 1.82) is 0 Å². The second-order valence-corrected chi connectivity index (χ2v) is 5.09. The summed E-state index contributed by atoms with van der Waals surface area (Å²) in [5.41, 5.74) is 9.76. The van der Waals surface area contributed by atoms with E-state index in [4.69, 9.17) is 17.3 Å². The molecular weight excluding hydrogens is 270 g/mol. The van der Waals surface area contributed by atoms with Gasteiger partial charge in [-0.1, -0.05) is 41.9 Å². The third kappa shape index (κ3) is 2.28. The fourth-order valence-corrected chi connectivity index (χ4v) is 2.46. The van der Waals surface area contributed by atoms with Crippen molar-refractivity contribution in [2.24, 2.45) is 0 Å². The summed E-state index contributed by atoms with van der Waals surface area (Å²) in [6, 6.07) is 17.5. The molecule has 0 fully saturated rings. The molecule has 0 saturated heterocycles. The van der Waals surface area contributed by atoms with Crippen LogP contribution < -0.4 is 5.73 Å². The van der Waals surface area contributed by atoms with Gasteiger partial charge in [-0.15, -0.1) is 0 Å². The van der Waals surface area contributed by atoms with Gasteiger partial charge in [0.15, 0.2) is 0 Å². The molecule has 2 N–H and O–H groups in total. The zero-order chi connectivity index (χ0) is 14.1. The third-order valence-electron chi connectivity index (χ3n) is 3.14. The molecular formula is C16H14ClN3. The van der Waals surface area contributed by atoms with Crippen LogP contribution in [-0.4, -0.2) is 9.78 Å². The highest BCUT2D eigenvalue weighted by Crippen LogP contribution is 2.29.